The van der Waals surface area contributed by atoms with Crippen molar-refractivity contribution in [1.82, 2.24) is 4.98 Å². The molecule has 0 aliphatic carbocycles. The van der Waals surface area contributed by atoms with Crippen LogP contribution in [0, 0.1) is 13.8 Å². The highest BCUT2D eigenvalue weighted by molar-refractivity contribution is 7.22. The summed E-state index contributed by atoms with van der Waals surface area (Å²) >= 11 is 1.50. The van der Waals surface area contributed by atoms with Crippen LogP contribution < -0.4 is 10.1 Å². The lowest BCUT2D eigenvalue weighted by Crippen LogP contribution is -2.12. The number of hydrogen-bond donors (Lipinski definition) is 1. The van der Waals surface area contributed by atoms with E-state index in [4.69, 9.17) is 4.74 Å². The van der Waals surface area contributed by atoms with Crippen molar-refractivity contribution in [3.8, 4) is 5.75 Å². The fraction of sp³-hybridized carbons (Fsp3) is 0.263. The molecule has 124 valence electrons. The smallest absolute Gasteiger partial charge is 0.226 e. The first-order valence-corrected chi connectivity index (χ1v) is 8.78. The van der Waals surface area contributed by atoms with Gasteiger partial charge in [-0.2, -0.15) is 0 Å². The molecule has 0 spiro atoms. The lowest BCUT2D eigenvalue weighted by Gasteiger charge is -2.06. The Labute approximate surface area is 145 Å². The number of nitrogens with one attached hydrogen (secondary N) is 1. The minimum atomic E-state index is -0.0291. The van der Waals surface area contributed by atoms with Gasteiger partial charge >= 0.3 is 0 Å². The van der Waals surface area contributed by atoms with Crippen LogP contribution in [-0.2, 0) is 4.79 Å². The Morgan fingerprint density at radius 3 is 2.83 bits per heavy atom. The fourth-order valence-corrected chi connectivity index (χ4v) is 3.38. The summed E-state index contributed by atoms with van der Waals surface area (Å²) < 4.78 is 6.75. The molecular formula is C19H20N2O2S. The van der Waals surface area contributed by atoms with Gasteiger partial charge in [-0.1, -0.05) is 29.5 Å². The minimum Gasteiger partial charge on any atom is -0.494 e. The predicted octanol–water partition coefficient (Wildman–Crippen LogP) is 4.71. The maximum atomic E-state index is 12.0. The molecule has 1 amide bonds. The molecule has 0 saturated carbocycles. The van der Waals surface area contributed by atoms with Crippen molar-refractivity contribution in [2.24, 2.45) is 0 Å². The monoisotopic (exact) mass is 340 g/mol. The van der Waals surface area contributed by atoms with Crippen LogP contribution in [-0.4, -0.2) is 17.5 Å². The highest BCUT2D eigenvalue weighted by atomic mass is 32.1. The van der Waals surface area contributed by atoms with E-state index in [0.29, 0.717) is 24.6 Å². The average Bonchev–Trinajstić information content (AvgIpc) is 2.93. The molecule has 3 aromatic rings. The second-order valence-electron chi connectivity index (χ2n) is 5.81. The first-order chi connectivity index (χ1) is 11.6. The molecule has 0 bridgehead atoms. The zero-order chi connectivity index (χ0) is 16.9. The second-order valence-corrected chi connectivity index (χ2v) is 6.84. The summed E-state index contributed by atoms with van der Waals surface area (Å²) in [5.41, 5.74) is 3.28. The van der Waals surface area contributed by atoms with Crippen LogP contribution >= 0.6 is 11.3 Å². The Hall–Kier alpha value is -2.40. The molecule has 0 atom stereocenters. The van der Waals surface area contributed by atoms with E-state index in [1.54, 1.807) is 0 Å². The zero-order valence-corrected chi connectivity index (χ0v) is 14.7. The van der Waals surface area contributed by atoms with Gasteiger partial charge in [-0.25, -0.2) is 4.98 Å². The number of aryl methyl sites for hydroxylation is 2. The quantitative estimate of drug-likeness (QED) is 0.661. The molecule has 0 fully saturated rings. The number of fused-ring (bicyclic) bond motifs is 1. The number of aromatic nitrogens is 1. The molecular weight excluding hydrogens is 320 g/mol. The maximum absolute atomic E-state index is 12.0. The molecule has 2 aromatic carbocycles. The molecule has 1 aromatic heterocycles. The number of carbonyl (C=O) groups excluding carboxylic acids is 1. The molecule has 0 saturated heterocycles. The van der Waals surface area contributed by atoms with E-state index < -0.39 is 0 Å². The van der Waals surface area contributed by atoms with E-state index in [0.717, 1.165) is 21.5 Å². The molecule has 4 nitrogen and oxygen atoms in total. The third kappa shape index (κ3) is 4.32. The Balaban J connectivity index is 1.46. The molecule has 1 N–H and O–H groups in total. The maximum Gasteiger partial charge on any atom is 0.226 e. The minimum absolute atomic E-state index is 0.0291. The van der Waals surface area contributed by atoms with Gasteiger partial charge in [0.15, 0.2) is 5.13 Å². The summed E-state index contributed by atoms with van der Waals surface area (Å²) in [4.78, 5) is 16.5. The van der Waals surface area contributed by atoms with Gasteiger partial charge in [0.1, 0.15) is 5.75 Å². The number of benzene rings is 2. The largest absolute Gasteiger partial charge is 0.494 e. The Morgan fingerprint density at radius 2 is 2.00 bits per heavy atom. The number of hydrogen-bond acceptors (Lipinski definition) is 4. The van der Waals surface area contributed by atoms with E-state index in [1.165, 1.54) is 16.9 Å². The highest BCUT2D eigenvalue weighted by Crippen LogP contribution is 2.26. The van der Waals surface area contributed by atoms with Gasteiger partial charge in [0, 0.05) is 6.42 Å². The molecule has 3 rings (SSSR count). The van der Waals surface area contributed by atoms with Crippen LogP contribution in [0.2, 0.25) is 0 Å². The van der Waals surface area contributed by atoms with Crippen molar-refractivity contribution in [3.05, 3.63) is 53.6 Å². The number of anilines is 1. The first-order valence-electron chi connectivity index (χ1n) is 7.97. The zero-order valence-electron chi connectivity index (χ0n) is 13.8. The Morgan fingerprint density at radius 1 is 1.17 bits per heavy atom. The van der Waals surface area contributed by atoms with Crippen molar-refractivity contribution in [2.75, 3.05) is 11.9 Å². The van der Waals surface area contributed by atoms with Crippen LogP contribution in [0.25, 0.3) is 10.2 Å². The third-order valence-electron chi connectivity index (χ3n) is 3.60. The summed E-state index contributed by atoms with van der Waals surface area (Å²) in [7, 11) is 0. The lowest BCUT2D eigenvalue weighted by atomic mass is 10.2. The number of amides is 1. The van der Waals surface area contributed by atoms with E-state index in [2.05, 4.69) is 16.4 Å². The normalized spacial score (nSPS) is 10.8. The second kappa shape index (κ2) is 7.45. The molecule has 24 heavy (non-hydrogen) atoms. The van der Waals surface area contributed by atoms with Crippen LogP contribution in [0.5, 0.6) is 5.75 Å². The number of rotatable bonds is 6. The molecule has 1 heterocycles. The van der Waals surface area contributed by atoms with Crippen molar-refractivity contribution >= 4 is 32.6 Å². The number of carbonyl (C=O) groups is 1. The molecule has 0 unspecified atom stereocenters. The van der Waals surface area contributed by atoms with Crippen molar-refractivity contribution in [1.29, 1.82) is 0 Å². The topological polar surface area (TPSA) is 51.2 Å². The van der Waals surface area contributed by atoms with E-state index in [-0.39, 0.29) is 5.91 Å². The summed E-state index contributed by atoms with van der Waals surface area (Å²) in [6, 6.07) is 14.0. The lowest BCUT2D eigenvalue weighted by molar-refractivity contribution is -0.116. The highest BCUT2D eigenvalue weighted by Gasteiger charge is 2.08. The van der Waals surface area contributed by atoms with Gasteiger partial charge in [0.2, 0.25) is 5.91 Å². The SMILES string of the molecule is Cc1cccc(OCCCC(=O)Nc2nc3ccc(C)cc3s2)c1. The molecule has 0 aliphatic rings. The fourth-order valence-electron chi connectivity index (χ4n) is 2.39. The number of ether oxygens (including phenoxy) is 1. The summed E-state index contributed by atoms with van der Waals surface area (Å²) in [6.45, 7) is 4.60. The van der Waals surface area contributed by atoms with Gasteiger partial charge in [-0.05, 0) is 55.7 Å². The number of nitrogens with zero attached hydrogens (tertiary/aromatic N) is 1. The summed E-state index contributed by atoms with van der Waals surface area (Å²) in [6.07, 6.45) is 1.09. The van der Waals surface area contributed by atoms with Crippen molar-refractivity contribution < 1.29 is 9.53 Å². The standard InChI is InChI=1S/C19H20N2O2S/c1-13-5-3-6-15(11-13)23-10-4-7-18(22)21-19-20-16-9-8-14(2)12-17(16)24-19/h3,5-6,8-9,11-12H,4,7,10H2,1-2H3,(H,20,21,22). The van der Waals surface area contributed by atoms with Crippen LogP contribution in [0.3, 0.4) is 0 Å². The van der Waals surface area contributed by atoms with Gasteiger partial charge in [0.25, 0.3) is 0 Å². The van der Waals surface area contributed by atoms with Crippen LogP contribution in [0.4, 0.5) is 5.13 Å². The summed E-state index contributed by atoms with van der Waals surface area (Å²) in [5, 5.41) is 3.52. The van der Waals surface area contributed by atoms with E-state index in [1.807, 2.05) is 50.2 Å². The molecule has 5 heteroatoms. The number of thiazole rings is 1. The van der Waals surface area contributed by atoms with Crippen molar-refractivity contribution in [3.63, 3.8) is 0 Å². The molecule has 0 aliphatic heterocycles. The van der Waals surface area contributed by atoms with E-state index >= 15 is 0 Å². The predicted molar refractivity (Wildman–Crippen MR) is 98.9 cm³/mol. The van der Waals surface area contributed by atoms with Crippen molar-refractivity contribution in [2.45, 2.75) is 26.7 Å². The summed E-state index contributed by atoms with van der Waals surface area (Å²) in [5.74, 6) is 0.815. The molecule has 0 radical (unpaired) electrons. The Bertz CT molecular complexity index is 857. The Kier molecular flexibility index (Phi) is 5.11. The van der Waals surface area contributed by atoms with Crippen LogP contribution in [0.1, 0.15) is 24.0 Å². The van der Waals surface area contributed by atoms with Crippen LogP contribution in [0.15, 0.2) is 42.5 Å². The van der Waals surface area contributed by atoms with Gasteiger partial charge in [0.05, 0.1) is 16.8 Å². The average molecular weight is 340 g/mol. The van der Waals surface area contributed by atoms with Gasteiger partial charge in [-0.3, -0.25) is 4.79 Å². The van der Waals surface area contributed by atoms with Gasteiger partial charge < -0.3 is 10.1 Å². The first kappa shape index (κ1) is 16.5. The van der Waals surface area contributed by atoms with Gasteiger partial charge in [-0.15, -0.1) is 0 Å². The third-order valence-corrected chi connectivity index (χ3v) is 4.53. The van der Waals surface area contributed by atoms with E-state index in [9.17, 15) is 4.79 Å².